The highest BCUT2D eigenvalue weighted by Gasteiger charge is 2.11. The Bertz CT molecular complexity index is 718. The number of benzene rings is 2. The molecule has 23 heavy (non-hydrogen) atoms. The van der Waals surface area contributed by atoms with Gasteiger partial charge in [0.05, 0.1) is 5.71 Å². The number of nitrogens with one attached hydrogen (secondary N) is 1. The molecule has 2 rings (SSSR count). The maximum Gasteiger partial charge on any atom is 0.387 e. The van der Waals surface area contributed by atoms with Gasteiger partial charge in [-0.25, -0.2) is 5.43 Å². The van der Waals surface area contributed by atoms with Crippen molar-refractivity contribution in [2.24, 2.45) is 5.10 Å². The lowest BCUT2D eigenvalue weighted by Gasteiger charge is -2.10. The Morgan fingerprint density at radius 1 is 1.17 bits per heavy atom. The topological polar surface area (TPSA) is 50.7 Å². The van der Waals surface area contributed by atoms with Gasteiger partial charge >= 0.3 is 6.61 Å². The predicted molar refractivity (Wildman–Crippen MR) is 84.2 cm³/mol. The maximum absolute atomic E-state index is 12.4. The molecule has 0 atom stereocenters. The van der Waals surface area contributed by atoms with E-state index in [-0.39, 0.29) is 5.75 Å². The number of rotatable bonds is 5. The number of hydrogen-bond donors (Lipinski definition) is 1. The van der Waals surface area contributed by atoms with E-state index < -0.39 is 12.5 Å². The van der Waals surface area contributed by atoms with Crippen molar-refractivity contribution in [3.8, 4) is 5.75 Å². The van der Waals surface area contributed by atoms with Gasteiger partial charge in [0.2, 0.25) is 0 Å². The zero-order valence-corrected chi connectivity index (χ0v) is 12.8. The smallest absolute Gasteiger partial charge is 0.387 e. The fourth-order valence-corrected chi connectivity index (χ4v) is 1.95. The van der Waals surface area contributed by atoms with E-state index in [1.807, 2.05) is 0 Å². The molecule has 0 aliphatic carbocycles. The van der Waals surface area contributed by atoms with Crippen LogP contribution in [0.25, 0.3) is 0 Å². The lowest BCUT2D eigenvalue weighted by atomic mass is 10.1. The van der Waals surface area contributed by atoms with Gasteiger partial charge in [0.25, 0.3) is 5.91 Å². The Labute approximate surface area is 136 Å². The molecule has 0 aromatic heterocycles. The number of ether oxygens (including phenoxy) is 1. The Morgan fingerprint density at radius 2 is 1.83 bits per heavy atom. The number of alkyl halides is 2. The first-order chi connectivity index (χ1) is 11.0. The van der Waals surface area contributed by atoms with E-state index >= 15 is 0 Å². The van der Waals surface area contributed by atoms with Gasteiger partial charge in [-0.1, -0.05) is 23.7 Å². The minimum atomic E-state index is -2.94. The Kier molecular flexibility index (Phi) is 5.65. The number of carbonyl (C=O) groups excluding carboxylic acids is 1. The van der Waals surface area contributed by atoms with Crippen molar-refractivity contribution < 1.29 is 18.3 Å². The van der Waals surface area contributed by atoms with E-state index in [4.69, 9.17) is 11.6 Å². The van der Waals surface area contributed by atoms with E-state index in [0.29, 0.717) is 21.9 Å². The van der Waals surface area contributed by atoms with Crippen molar-refractivity contribution in [2.75, 3.05) is 0 Å². The quantitative estimate of drug-likeness (QED) is 0.659. The van der Waals surface area contributed by atoms with Gasteiger partial charge in [-0.2, -0.15) is 13.9 Å². The van der Waals surface area contributed by atoms with Crippen LogP contribution in [0.3, 0.4) is 0 Å². The van der Waals surface area contributed by atoms with Crippen molar-refractivity contribution in [2.45, 2.75) is 13.5 Å². The van der Waals surface area contributed by atoms with Gasteiger partial charge in [0.1, 0.15) is 5.75 Å². The summed E-state index contributed by atoms with van der Waals surface area (Å²) in [5.41, 5.74) is 3.44. The Hall–Kier alpha value is -2.47. The van der Waals surface area contributed by atoms with Gasteiger partial charge in [-0.15, -0.1) is 0 Å². The van der Waals surface area contributed by atoms with Crippen LogP contribution in [0.15, 0.2) is 53.6 Å². The average Bonchev–Trinajstić information content (AvgIpc) is 2.53. The summed E-state index contributed by atoms with van der Waals surface area (Å²) in [7, 11) is 0. The molecule has 1 amide bonds. The standard InChI is InChI=1S/C16H13ClF2N2O2/c1-10(13-4-2-3-5-14(13)23-16(18)19)20-21-15(22)11-6-8-12(17)9-7-11/h2-9,16H,1H3,(H,21,22)/b20-10+. The summed E-state index contributed by atoms with van der Waals surface area (Å²) in [4.78, 5) is 11.9. The van der Waals surface area contributed by atoms with Gasteiger partial charge in [-0.3, -0.25) is 4.79 Å². The molecule has 0 unspecified atom stereocenters. The molecule has 0 bridgehead atoms. The fourth-order valence-electron chi connectivity index (χ4n) is 1.82. The Morgan fingerprint density at radius 3 is 2.48 bits per heavy atom. The fraction of sp³-hybridized carbons (Fsp3) is 0.125. The average molecular weight is 339 g/mol. The first-order valence-corrected chi connectivity index (χ1v) is 6.99. The van der Waals surface area contributed by atoms with Crippen LogP contribution in [0.1, 0.15) is 22.8 Å². The second-order valence-electron chi connectivity index (χ2n) is 4.52. The van der Waals surface area contributed by atoms with Crippen molar-refractivity contribution >= 4 is 23.2 Å². The van der Waals surface area contributed by atoms with E-state index in [2.05, 4.69) is 15.3 Å². The highest BCUT2D eigenvalue weighted by Crippen LogP contribution is 2.21. The zero-order valence-electron chi connectivity index (χ0n) is 12.1. The van der Waals surface area contributed by atoms with Crippen LogP contribution in [-0.4, -0.2) is 18.2 Å². The van der Waals surface area contributed by atoms with Crippen LogP contribution in [0.4, 0.5) is 8.78 Å². The first-order valence-electron chi connectivity index (χ1n) is 6.62. The molecule has 4 nitrogen and oxygen atoms in total. The molecule has 2 aromatic carbocycles. The van der Waals surface area contributed by atoms with E-state index in [0.717, 1.165) is 0 Å². The normalized spacial score (nSPS) is 11.4. The first kappa shape index (κ1) is 16.9. The van der Waals surface area contributed by atoms with Crippen molar-refractivity contribution in [3.63, 3.8) is 0 Å². The summed E-state index contributed by atoms with van der Waals surface area (Å²) in [5, 5.41) is 4.43. The molecule has 0 radical (unpaired) electrons. The molecule has 2 aromatic rings. The predicted octanol–water partition coefficient (Wildman–Crippen LogP) is 4.10. The summed E-state index contributed by atoms with van der Waals surface area (Å²) in [6.07, 6.45) is 0. The summed E-state index contributed by atoms with van der Waals surface area (Å²) in [6, 6.07) is 12.5. The van der Waals surface area contributed by atoms with Gasteiger partial charge in [0.15, 0.2) is 0 Å². The molecular weight excluding hydrogens is 326 g/mol. The lowest BCUT2D eigenvalue weighted by molar-refractivity contribution is -0.0499. The highest BCUT2D eigenvalue weighted by atomic mass is 35.5. The third kappa shape index (κ3) is 4.75. The third-order valence-corrected chi connectivity index (χ3v) is 3.18. The molecular formula is C16H13ClF2N2O2. The number of halogens is 3. The van der Waals surface area contributed by atoms with E-state index in [1.54, 1.807) is 49.4 Å². The molecule has 0 aliphatic heterocycles. The van der Waals surface area contributed by atoms with Gasteiger partial charge in [-0.05, 0) is 43.3 Å². The molecule has 0 saturated carbocycles. The molecule has 0 heterocycles. The van der Waals surface area contributed by atoms with Crippen LogP contribution in [0.5, 0.6) is 5.75 Å². The minimum absolute atomic E-state index is 0.00973. The highest BCUT2D eigenvalue weighted by molar-refractivity contribution is 6.30. The summed E-state index contributed by atoms with van der Waals surface area (Å²) in [6.45, 7) is -1.36. The van der Waals surface area contributed by atoms with Gasteiger partial charge in [0, 0.05) is 16.1 Å². The molecule has 7 heteroatoms. The SMILES string of the molecule is C/C(=N\NC(=O)c1ccc(Cl)cc1)c1ccccc1OC(F)F. The number of nitrogens with zero attached hydrogens (tertiary/aromatic N) is 1. The van der Waals surface area contributed by atoms with Crippen molar-refractivity contribution in [3.05, 3.63) is 64.7 Å². The van der Waals surface area contributed by atoms with Crippen molar-refractivity contribution in [1.82, 2.24) is 5.43 Å². The zero-order chi connectivity index (χ0) is 16.8. The maximum atomic E-state index is 12.4. The Balaban J connectivity index is 2.14. The summed E-state index contributed by atoms with van der Waals surface area (Å²) in [5.74, 6) is -0.447. The number of amides is 1. The number of hydrazone groups is 1. The monoisotopic (exact) mass is 338 g/mol. The van der Waals surface area contributed by atoms with Crippen LogP contribution >= 0.6 is 11.6 Å². The molecule has 1 N–H and O–H groups in total. The van der Waals surface area contributed by atoms with Crippen LogP contribution < -0.4 is 10.2 Å². The van der Waals surface area contributed by atoms with Crippen molar-refractivity contribution in [1.29, 1.82) is 0 Å². The number of carbonyl (C=O) groups is 1. The molecule has 0 aliphatic rings. The van der Waals surface area contributed by atoms with Crippen LogP contribution in [-0.2, 0) is 0 Å². The third-order valence-electron chi connectivity index (χ3n) is 2.92. The van der Waals surface area contributed by atoms with E-state index in [1.165, 1.54) is 6.07 Å². The molecule has 0 fully saturated rings. The van der Waals surface area contributed by atoms with Crippen LogP contribution in [0.2, 0.25) is 5.02 Å². The number of hydrogen-bond acceptors (Lipinski definition) is 3. The van der Waals surface area contributed by atoms with Crippen LogP contribution in [0, 0.1) is 0 Å². The largest absolute Gasteiger partial charge is 0.434 e. The molecule has 0 spiro atoms. The van der Waals surface area contributed by atoms with Gasteiger partial charge < -0.3 is 4.74 Å². The van der Waals surface area contributed by atoms with E-state index in [9.17, 15) is 13.6 Å². The second-order valence-corrected chi connectivity index (χ2v) is 4.96. The molecule has 0 saturated heterocycles. The minimum Gasteiger partial charge on any atom is -0.434 e. The molecule has 120 valence electrons. The number of para-hydroxylation sites is 1. The lowest BCUT2D eigenvalue weighted by Crippen LogP contribution is -2.19. The summed E-state index contributed by atoms with van der Waals surface area (Å²) >= 11 is 5.75. The second kappa shape index (κ2) is 7.69. The summed E-state index contributed by atoms with van der Waals surface area (Å²) < 4.78 is 29.2.